The normalized spacial score (nSPS) is 18.0. The van der Waals surface area contributed by atoms with E-state index in [4.69, 9.17) is 16.6 Å². The van der Waals surface area contributed by atoms with Gasteiger partial charge < -0.3 is 53.0 Å². The maximum atomic E-state index is 13.3. The number of hydrogen-bond donors (Lipinski definition) is 9. The second kappa shape index (κ2) is 16.8. The van der Waals surface area contributed by atoms with Gasteiger partial charge in [0.2, 0.25) is 35.4 Å². The summed E-state index contributed by atoms with van der Waals surface area (Å²) in [7, 11) is 0. The van der Waals surface area contributed by atoms with Gasteiger partial charge in [-0.2, -0.15) is 0 Å². The van der Waals surface area contributed by atoms with E-state index in [-0.39, 0.29) is 38.6 Å². The van der Waals surface area contributed by atoms with Crippen molar-refractivity contribution in [1.82, 2.24) is 26.2 Å². The Kier molecular flexibility index (Phi) is 14.3. The third-order valence-electron chi connectivity index (χ3n) is 6.38. The van der Waals surface area contributed by atoms with Crippen LogP contribution in [-0.2, 0) is 38.4 Å². The molecule has 0 unspecified atom stereocenters. The lowest BCUT2D eigenvalue weighted by Gasteiger charge is -2.31. The minimum Gasteiger partial charge on any atom is -0.481 e. The number of carboxylic acid groups (broad SMARTS) is 2. The monoisotopic (exact) mass is 601 g/mol. The number of nitrogens with zero attached hydrogens (tertiary/aromatic N) is 1. The van der Waals surface area contributed by atoms with Gasteiger partial charge in [0.25, 0.3) is 0 Å². The molecule has 0 saturated carbocycles. The van der Waals surface area contributed by atoms with E-state index in [9.17, 15) is 48.6 Å². The summed E-state index contributed by atoms with van der Waals surface area (Å²) >= 11 is 0. The summed E-state index contributed by atoms with van der Waals surface area (Å²) in [6.45, 7) is 2.01. The molecule has 0 aromatic carbocycles. The zero-order valence-electron chi connectivity index (χ0n) is 23.3. The van der Waals surface area contributed by atoms with Gasteiger partial charge in [-0.3, -0.25) is 33.6 Å². The van der Waals surface area contributed by atoms with Crippen LogP contribution in [0.5, 0.6) is 0 Å². The van der Waals surface area contributed by atoms with E-state index in [0.717, 1.165) is 4.90 Å². The number of carbonyl (C=O) groups is 8. The lowest BCUT2D eigenvalue weighted by molar-refractivity contribution is -0.146. The third-order valence-corrected chi connectivity index (χ3v) is 6.38. The molecule has 42 heavy (non-hydrogen) atoms. The number of aliphatic carboxylic acids is 2. The van der Waals surface area contributed by atoms with Gasteiger partial charge in [0, 0.05) is 19.4 Å². The zero-order chi connectivity index (χ0) is 32.1. The minimum atomic E-state index is -1.53. The topological polar surface area (TPSA) is 301 Å². The average Bonchev–Trinajstić information content (AvgIpc) is 3.40. The molecule has 18 nitrogen and oxygen atoms in total. The number of likely N-dealkylation sites (tertiary alicyclic amines) is 1. The van der Waals surface area contributed by atoms with Gasteiger partial charge in [-0.05, 0) is 39.5 Å². The van der Waals surface area contributed by atoms with Gasteiger partial charge in [0.15, 0.2) is 0 Å². The molecule has 1 rings (SSSR count). The van der Waals surface area contributed by atoms with Crippen molar-refractivity contribution in [3.8, 4) is 0 Å². The second-order valence-corrected chi connectivity index (χ2v) is 9.87. The predicted octanol–water partition coefficient (Wildman–Crippen LogP) is -4.51. The van der Waals surface area contributed by atoms with Crippen LogP contribution in [0.2, 0.25) is 0 Å². The maximum Gasteiger partial charge on any atom is 0.326 e. The number of nitrogens with one attached hydrogen (secondary N) is 4. The zero-order valence-corrected chi connectivity index (χ0v) is 23.3. The van der Waals surface area contributed by atoms with Crippen molar-refractivity contribution < 1.29 is 53.7 Å². The first-order valence-electron chi connectivity index (χ1n) is 13.2. The van der Waals surface area contributed by atoms with Gasteiger partial charge in [-0.25, -0.2) is 4.79 Å². The van der Waals surface area contributed by atoms with Crippen LogP contribution in [0.15, 0.2) is 0 Å². The molecule has 1 aliphatic heterocycles. The summed E-state index contributed by atoms with van der Waals surface area (Å²) in [5.41, 5.74) is 10.6. The average molecular weight is 602 g/mol. The Hall–Kier alpha value is -4.32. The molecule has 0 aromatic heterocycles. The number of nitrogens with two attached hydrogens (primary N) is 2. The number of amides is 6. The summed E-state index contributed by atoms with van der Waals surface area (Å²) in [6.07, 6.45) is -1.91. The molecule has 1 heterocycles. The van der Waals surface area contributed by atoms with Gasteiger partial charge in [0.1, 0.15) is 24.2 Å². The van der Waals surface area contributed by atoms with Crippen LogP contribution >= 0.6 is 0 Å². The fourth-order valence-corrected chi connectivity index (χ4v) is 4.03. The van der Waals surface area contributed by atoms with Crippen molar-refractivity contribution in [3.05, 3.63) is 0 Å². The van der Waals surface area contributed by atoms with Crippen LogP contribution in [0.1, 0.15) is 52.4 Å². The van der Waals surface area contributed by atoms with E-state index >= 15 is 0 Å². The van der Waals surface area contributed by atoms with Gasteiger partial charge in [-0.15, -0.1) is 0 Å². The molecule has 6 amide bonds. The number of carboxylic acids is 2. The molecule has 6 atom stereocenters. The van der Waals surface area contributed by atoms with Crippen molar-refractivity contribution in [2.75, 3.05) is 13.1 Å². The quantitative estimate of drug-likeness (QED) is 0.0762. The number of carbonyl (C=O) groups excluding carboxylic acids is 6. The van der Waals surface area contributed by atoms with Gasteiger partial charge in [-0.1, -0.05) is 0 Å². The first-order chi connectivity index (χ1) is 19.5. The van der Waals surface area contributed by atoms with Crippen LogP contribution in [0, 0.1) is 0 Å². The van der Waals surface area contributed by atoms with Crippen LogP contribution in [0.4, 0.5) is 0 Å². The SMILES string of the molecule is C[C@H](NC(=O)CNC(=O)[C@@H](N)CCC(=O)O)C(=O)N[C@H](C(=O)N1CCC[C@H]1C(=O)N[C@@H](CCC(N)=O)C(=O)O)[C@@H](C)O. The summed E-state index contributed by atoms with van der Waals surface area (Å²) < 4.78 is 0. The Labute approximate surface area is 240 Å². The summed E-state index contributed by atoms with van der Waals surface area (Å²) in [5, 5.41) is 37.3. The van der Waals surface area contributed by atoms with E-state index in [2.05, 4.69) is 21.3 Å². The number of primary amides is 1. The van der Waals surface area contributed by atoms with Gasteiger partial charge >= 0.3 is 11.9 Å². The number of aliphatic hydroxyl groups is 1. The van der Waals surface area contributed by atoms with Crippen molar-refractivity contribution in [2.24, 2.45) is 11.5 Å². The van der Waals surface area contributed by atoms with Crippen LogP contribution in [0.3, 0.4) is 0 Å². The van der Waals surface area contributed by atoms with E-state index in [1.54, 1.807) is 0 Å². The Morgan fingerprint density at radius 2 is 1.57 bits per heavy atom. The highest BCUT2D eigenvalue weighted by atomic mass is 16.4. The summed E-state index contributed by atoms with van der Waals surface area (Å²) in [6, 6.07) is -6.45. The molecule has 1 saturated heterocycles. The van der Waals surface area contributed by atoms with Crippen LogP contribution in [0.25, 0.3) is 0 Å². The van der Waals surface area contributed by atoms with E-state index in [1.165, 1.54) is 13.8 Å². The highest BCUT2D eigenvalue weighted by Crippen LogP contribution is 2.20. The Bertz CT molecular complexity index is 1050. The Balaban J connectivity index is 2.77. The van der Waals surface area contributed by atoms with E-state index < -0.39 is 90.2 Å². The first kappa shape index (κ1) is 35.7. The fourth-order valence-electron chi connectivity index (χ4n) is 4.03. The number of hydrogen-bond acceptors (Lipinski definition) is 10. The molecule has 0 aromatic rings. The smallest absolute Gasteiger partial charge is 0.326 e. The standard InChI is InChI=1S/C24H39N7O11/c1-11(28-17(34)10-27-21(38)13(25)5-8-18(35)36)20(37)30-19(12(2)32)23(40)31-9-3-4-15(31)22(39)29-14(24(41)42)6-7-16(26)33/h11-15,19,32H,3-10,25H2,1-2H3,(H2,26,33)(H,27,38)(H,28,34)(H,29,39)(H,30,37)(H,35,36)(H,41,42)/t11-,12+,13-,14-,15-,19-/m0/s1. The minimum absolute atomic E-state index is 0.0790. The van der Waals surface area contributed by atoms with Crippen LogP contribution < -0.4 is 32.7 Å². The van der Waals surface area contributed by atoms with E-state index in [1.807, 2.05) is 0 Å². The molecule has 11 N–H and O–H groups in total. The summed E-state index contributed by atoms with van der Waals surface area (Å²) in [5.74, 6) is -7.34. The maximum absolute atomic E-state index is 13.3. The molecule has 0 aliphatic carbocycles. The molecular formula is C24H39N7O11. The largest absolute Gasteiger partial charge is 0.481 e. The lowest BCUT2D eigenvalue weighted by atomic mass is 10.1. The molecule has 1 aliphatic rings. The molecular weight excluding hydrogens is 562 g/mol. The highest BCUT2D eigenvalue weighted by molar-refractivity contribution is 5.96. The fraction of sp³-hybridized carbons (Fsp3) is 0.667. The van der Waals surface area contributed by atoms with Crippen molar-refractivity contribution in [3.63, 3.8) is 0 Å². The molecule has 1 fully saturated rings. The molecule has 0 radical (unpaired) electrons. The lowest BCUT2D eigenvalue weighted by Crippen LogP contribution is -2.60. The molecule has 0 bridgehead atoms. The Morgan fingerprint density at radius 1 is 0.929 bits per heavy atom. The first-order valence-corrected chi connectivity index (χ1v) is 13.2. The van der Waals surface area contributed by atoms with Crippen LogP contribution in [-0.4, -0.2) is 117 Å². The summed E-state index contributed by atoms with van der Waals surface area (Å²) in [4.78, 5) is 97.1. The highest BCUT2D eigenvalue weighted by Gasteiger charge is 2.40. The second-order valence-electron chi connectivity index (χ2n) is 9.87. The van der Waals surface area contributed by atoms with Crippen molar-refractivity contribution in [1.29, 1.82) is 0 Å². The molecule has 0 spiro atoms. The van der Waals surface area contributed by atoms with Crippen molar-refractivity contribution >= 4 is 47.4 Å². The van der Waals surface area contributed by atoms with Gasteiger partial charge in [0.05, 0.1) is 18.7 Å². The van der Waals surface area contributed by atoms with E-state index in [0.29, 0.717) is 6.42 Å². The molecule has 236 valence electrons. The predicted molar refractivity (Wildman–Crippen MR) is 142 cm³/mol. The number of aliphatic hydroxyl groups excluding tert-OH is 1. The third kappa shape index (κ3) is 11.7. The number of rotatable bonds is 17. The Morgan fingerprint density at radius 3 is 2.12 bits per heavy atom. The molecule has 18 heteroatoms. The van der Waals surface area contributed by atoms with Crippen molar-refractivity contribution in [2.45, 2.75) is 88.7 Å².